The van der Waals surface area contributed by atoms with Gasteiger partial charge in [-0.05, 0) is 31.2 Å². The van der Waals surface area contributed by atoms with Crippen molar-refractivity contribution in [3.63, 3.8) is 0 Å². The standard InChI is InChI=1S/C16H17N5O4/c1-4-21-12(7-8-17-21)14(22)18-16-20-19-15(25-16)11-9-10(23-2)5-6-13(11)24-3/h5-9H,4H2,1-3H3,(H,18,20,22). The summed E-state index contributed by atoms with van der Waals surface area (Å²) in [7, 11) is 3.10. The van der Waals surface area contributed by atoms with Crippen LogP contribution in [0.5, 0.6) is 11.5 Å². The van der Waals surface area contributed by atoms with E-state index >= 15 is 0 Å². The number of carbonyl (C=O) groups excluding carboxylic acids is 1. The van der Waals surface area contributed by atoms with Crippen LogP contribution in [0, 0.1) is 0 Å². The van der Waals surface area contributed by atoms with Crippen molar-refractivity contribution in [3.8, 4) is 23.0 Å². The largest absolute Gasteiger partial charge is 0.497 e. The van der Waals surface area contributed by atoms with Gasteiger partial charge in [-0.1, -0.05) is 5.10 Å². The molecule has 0 radical (unpaired) electrons. The van der Waals surface area contributed by atoms with Crippen LogP contribution in [-0.2, 0) is 6.54 Å². The Labute approximate surface area is 143 Å². The number of amides is 1. The SMILES string of the molecule is CCn1nccc1C(=O)Nc1nnc(-c2cc(OC)ccc2OC)o1. The molecule has 0 saturated carbocycles. The lowest BCUT2D eigenvalue weighted by Gasteiger charge is -2.07. The van der Waals surface area contributed by atoms with Gasteiger partial charge in [0.15, 0.2) is 0 Å². The Kier molecular flexibility index (Phi) is 4.64. The summed E-state index contributed by atoms with van der Waals surface area (Å²) >= 11 is 0. The van der Waals surface area contributed by atoms with Crippen LogP contribution in [0.1, 0.15) is 17.4 Å². The van der Waals surface area contributed by atoms with E-state index in [1.165, 1.54) is 7.11 Å². The molecule has 0 unspecified atom stereocenters. The van der Waals surface area contributed by atoms with E-state index in [2.05, 4.69) is 20.6 Å². The molecule has 0 fully saturated rings. The third-order valence-electron chi connectivity index (χ3n) is 3.53. The van der Waals surface area contributed by atoms with E-state index in [-0.39, 0.29) is 17.8 Å². The second-order valence-corrected chi connectivity index (χ2v) is 4.96. The number of anilines is 1. The van der Waals surface area contributed by atoms with E-state index in [0.29, 0.717) is 29.3 Å². The van der Waals surface area contributed by atoms with E-state index in [4.69, 9.17) is 13.9 Å². The summed E-state index contributed by atoms with van der Waals surface area (Å²) in [6.07, 6.45) is 1.55. The first kappa shape index (κ1) is 16.5. The van der Waals surface area contributed by atoms with Crippen molar-refractivity contribution in [3.05, 3.63) is 36.2 Å². The lowest BCUT2D eigenvalue weighted by molar-refractivity contribution is 0.101. The number of nitrogens with one attached hydrogen (secondary N) is 1. The number of rotatable bonds is 6. The molecule has 130 valence electrons. The molecule has 9 heteroatoms. The Morgan fingerprint density at radius 3 is 2.80 bits per heavy atom. The second-order valence-electron chi connectivity index (χ2n) is 4.96. The fourth-order valence-electron chi connectivity index (χ4n) is 2.30. The van der Waals surface area contributed by atoms with Gasteiger partial charge in [-0.3, -0.25) is 14.8 Å². The molecule has 1 aromatic carbocycles. The molecular formula is C16H17N5O4. The Morgan fingerprint density at radius 1 is 1.24 bits per heavy atom. The first-order valence-corrected chi connectivity index (χ1v) is 7.55. The van der Waals surface area contributed by atoms with Crippen molar-refractivity contribution < 1.29 is 18.7 Å². The summed E-state index contributed by atoms with van der Waals surface area (Å²) in [5.41, 5.74) is 0.967. The van der Waals surface area contributed by atoms with Gasteiger partial charge in [0.05, 0.1) is 19.8 Å². The molecule has 0 aliphatic heterocycles. The van der Waals surface area contributed by atoms with E-state index in [1.54, 1.807) is 42.3 Å². The Bertz CT molecular complexity index is 886. The number of methoxy groups -OCH3 is 2. The van der Waals surface area contributed by atoms with Crippen molar-refractivity contribution in [2.24, 2.45) is 0 Å². The summed E-state index contributed by atoms with van der Waals surface area (Å²) in [6.45, 7) is 2.47. The van der Waals surface area contributed by atoms with Gasteiger partial charge in [0.2, 0.25) is 0 Å². The molecular weight excluding hydrogens is 326 g/mol. The summed E-state index contributed by atoms with van der Waals surface area (Å²) in [4.78, 5) is 12.3. The highest BCUT2D eigenvalue weighted by Gasteiger charge is 2.18. The maximum absolute atomic E-state index is 12.3. The van der Waals surface area contributed by atoms with Gasteiger partial charge in [-0.2, -0.15) is 5.10 Å². The van der Waals surface area contributed by atoms with Crippen molar-refractivity contribution in [2.45, 2.75) is 13.5 Å². The maximum atomic E-state index is 12.3. The summed E-state index contributed by atoms with van der Waals surface area (Å²) in [6, 6.07) is 6.79. The summed E-state index contributed by atoms with van der Waals surface area (Å²) in [5, 5.41) is 14.4. The summed E-state index contributed by atoms with van der Waals surface area (Å²) in [5.74, 6) is 0.986. The van der Waals surface area contributed by atoms with Crippen LogP contribution in [0.2, 0.25) is 0 Å². The number of nitrogens with zero attached hydrogens (tertiary/aromatic N) is 4. The van der Waals surface area contributed by atoms with Gasteiger partial charge in [0.1, 0.15) is 17.2 Å². The molecule has 1 amide bonds. The van der Waals surface area contributed by atoms with Crippen LogP contribution in [-0.4, -0.2) is 40.1 Å². The fourth-order valence-corrected chi connectivity index (χ4v) is 2.30. The maximum Gasteiger partial charge on any atom is 0.322 e. The highest BCUT2D eigenvalue weighted by Crippen LogP contribution is 2.33. The number of aromatic nitrogens is 4. The normalized spacial score (nSPS) is 10.5. The third kappa shape index (κ3) is 3.30. The highest BCUT2D eigenvalue weighted by molar-refractivity contribution is 6.01. The molecule has 25 heavy (non-hydrogen) atoms. The van der Waals surface area contributed by atoms with Gasteiger partial charge < -0.3 is 13.9 Å². The van der Waals surface area contributed by atoms with E-state index in [1.807, 2.05) is 6.92 Å². The van der Waals surface area contributed by atoms with Crippen molar-refractivity contribution in [2.75, 3.05) is 19.5 Å². The van der Waals surface area contributed by atoms with Crippen molar-refractivity contribution in [1.82, 2.24) is 20.0 Å². The van der Waals surface area contributed by atoms with E-state index in [9.17, 15) is 4.79 Å². The van der Waals surface area contributed by atoms with E-state index < -0.39 is 0 Å². The summed E-state index contributed by atoms with van der Waals surface area (Å²) < 4.78 is 17.6. The van der Waals surface area contributed by atoms with Crippen LogP contribution in [0.25, 0.3) is 11.5 Å². The second kappa shape index (κ2) is 7.04. The van der Waals surface area contributed by atoms with Crippen LogP contribution < -0.4 is 14.8 Å². The number of benzene rings is 1. The van der Waals surface area contributed by atoms with Gasteiger partial charge in [-0.25, -0.2) is 0 Å². The zero-order chi connectivity index (χ0) is 17.8. The fraction of sp³-hybridized carbons (Fsp3) is 0.250. The van der Waals surface area contributed by atoms with Gasteiger partial charge >= 0.3 is 6.01 Å². The number of hydrogen-bond donors (Lipinski definition) is 1. The molecule has 3 rings (SSSR count). The number of ether oxygens (including phenoxy) is 2. The molecule has 3 aromatic rings. The van der Waals surface area contributed by atoms with E-state index in [0.717, 1.165) is 0 Å². The van der Waals surface area contributed by atoms with Crippen LogP contribution in [0.3, 0.4) is 0 Å². The smallest absolute Gasteiger partial charge is 0.322 e. The van der Waals surface area contributed by atoms with Crippen LogP contribution in [0.15, 0.2) is 34.9 Å². The van der Waals surface area contributed by atoms with Gasteiger partial charge in [0, 0.05) is 12.7 Å². The predicted molar refractivity (Wildman–Crippen MR) is 88.7 cm³/mol. The number of hydrogen-bond acceptors (Lipinski definition) is 7. The molecule has 0 bridgehead atoms. The number of aryl methyl sites for hydroxylation is 1. The monoisotopic (exact) mass is 343 g/mol. The van der Waals surface area contributed by atoms with Crippen molar-refractivity contribution >= 4 is 11.9 Å². The zero-order valence-electron chi connectivity index (χ0n) is 14.0. The number of carbonyl (C=O) groups is 1. The van der Waals surface area contributed by atoms with Gasteiger partial charge in [-0.15, -0.1) is 5.10 Å². The lowest BCUT2D eigenvalue weighted by Crippen LogP contribution is -2.17. The molecule has 0 aliphatic rings. The minimum Gasteiger partial charge on any atom is -0.497 e. The topological polar surface area (TPSA) is 104 Å². The molecule has 0 spiro atoms. The first-order chi connectivity index (χ1) is 12.2. The molecule has 0 atom stereocenters. The lowest BCUT2D eigenvalue weighted by atomic mass is 10.2. The third-order valence-corrected chi connectivity index (χ3v) is 3.53. The Balaban J connectivity index is 1.84. The van der Waals surface area contributed by atoms with Crippen LogP contribution >= 0.6 is 0 Å². The molecule has 2 aromatic heterocycles. The van der Waals surface area contributed by atoms with Gasteiger partial charge in [0.25, 0.3) is 11.8 Å². The molecule has 0 saturated heterocycles. The predicted octanol–water partition coefficient (Wildman–Crippen LogP) is 2.22. The zero-order valence-corrected chi connectivity index (χ0v) is 14.0. The Hall–Kier alpha value is -3.36. The van der Waals surface area contributed by atoms with Crippen molar-refractivity contribution in [1.29, 1.82) is 0 Å². The quantitative estimate of drug-likeness (QED) is 0.731. The molecule has 0 aliphatic carbocycles. The molecule has 9 nitrogen and oxygen atoms in total. The Morgan fingerprint density at radius 2 is 2.08 bits per heavy atom. The average Bonchev–Trinajstić information content (AvgIpc) is 3.30. The highest BCUT2D eigenvalue weighted by atomic mass is 16.5. The minimum atomic E-state index is -0.382. The first-order valence-electron chi connectivity index (χ1n) is 7.55. The average molecular weight is 343 g/mol. The molecule has 1 N–H and O–H groups in total. The van der Waals surface area contributed by atoms with Crippen LogP contribution in [0.4, 0.5) is 6.01 Å². The molecule has 2 heterocycles. The minimum absolute atomic E-state index is 0.0197.